The Morgan fingerprint density at radius 1 is 1.55 bits per heavy atom. The molecule has 7 heteroatoms. The molecule has 2 rings (SSSR count). The molecule has 1 amide bonds. The molecule has 0 aromatic carbocycles. The molecule has 5 nitrogen and oxygen atoms in total. The number of hydrogen-bond donors (Lipinski definition) is 2. The smallest absolute Gasteiger partial charge is 0.227 e. The third kappa shape index (κ3) is 4.36. The highest BCUT2D eigenvalue weighted by atomic mass is 35.5. The molecule has 0 aliphatic heterocycles. The van der Waals surface area contributed by atoms with Crippen LogP contribution >= 0.6 is 24.8 Å². The number of nitrogens with one attached hydrogen (secondary N) is 1. The van der Waals surface area contributed by atoms with Crippen LogP contribution in [-0.2, 0) is 11.3 Å². The van der Waals surface area contributed by atoms with Crippen LogP contribution in [0, 0.1) is 5.92 Å². The minimum atomic E-state index is -0.364. The van der Waals surface area contributed by atoms with Crippen molar-refractivity contribution in [1.82, 2.24) is 15.1 Å². The number of carbonyl (C=O) groups excluding carboxylic acids is 1. The summed E-state index contributed by atoms with van der Waals surface area (Å²) in [6.45, 7) is 2.56. The van der Waals surface area contributed by atoms with Gasteiger partial charge in [0.2, 0.25) is 5.91 Å². The second-order valence-corrected chi connectivity index (χ2v) is 5.58. The Kier molecular flexibility index (Phi) is 7.55. The van der Waals surface area contributed by atoms with Crippen molar-refractivity contribution in [3.8, 4) is 0 Å². The summed E-state index contributed by atoms with van der Waals surface area (Å²) in [5, 5.41) is 6.76. The van der Waals surface area contributed by atoms with E-state index in [2.05, 4.69) is 10.2 Å². The van der Waals surface area contributed by atoms with Crippen molar-refractivity contribution in [1.29, 1.82) is 0 Å². The monoisotopic (exact) mass is 322 g/mol. The molecular formula is C13H24Cl2N4O. The maximum Gasteiger partial charge on any atom is 0.227 e. The molecule has 1 aromatic rings. The van der Waals surface area contributed by atoms with E-state index in [0.29, 0.717) is 6.54 Å². The first-order valence-electron chi connectivity index (χ1n) is 6.53. The van der Waals surface area contributed by atoms with E-state index in [1.54, 1.807) is 11.1 Å². The Morgan fingerprint density at radius 3 is 2.80 bits per heavy atom. The molecule has 1 aromatic heterocycles. The van der Waals surface area contributed by atoms with E-state index in [4.69, 9.17) is 5.73 Å². The summed E-state index contributed by atoms with van der Waals surface area (Å²) < 4.78 is 0. The van der Waals surface area contributed by atoms with Gasteiger partial charge in [-0.1, -0.05) is 12.8 Å². The highest BCUT2D eigenvalue weighted by molar-refractivity contribution is 5.85. The van der Waals surface area contributed by atoms with E-state index < -0.39 is 0 Å². The number of nitrogens with two attached hydrogens (primary N) is 1. The summed E-state index contributed by atoms with van der Waals surface area (Å²) in [7, 11) is 1.83. The lowest BCUT2D eigenvalue weighted by atomic mass is 9.74. The van der Waals surface area contributed by atoms with Crippen LogP contribution in [0.2, 0.25) is 0 Å². The molecule has 1 heterocycles. The number of nitrogens with zero attached hydrogens (tertiary/aromatic N) is 2. The molecule has 1 fully saturated rings. The van der Waals surface area contributed by atoms with Crippen LogP contribution in [0.15, 0.2) is 12.3 Å². The zero-order chi connectivity index (χ0) is 13.2. The standard InChI is InChI=1S/C13H22N4O.2ClH/c1-13(14)7-4-3-5-11(13)12(18)17(2)9-10-6-8-15-16-10;;/h6,8,11H,3-5,7,9,14H2,1-2H3,(H,15,16);2*1H. The van der Waals surface area contributed by atoms with Crippen LogP contribution in [0.3, 0.4) is 0 Å². The topological polar surface area (TPSA) is 75.0 Å². The van der Waals surface area contributed by atoms with E-state index in [1.165, 1.54) is 0 Å². The quantitative estimate of drug-likeness (QED) is 0.895. The molecule has 3 N–H and O–H groups in total. The average molecular weight is 323 g/mol. The van der Waals surface area contributed by atoms with Gasteiger partial charge in [-0.05, 0) is 25.8 Å². The maximum absolute atomic E-state index is 12.5. The van der Waals surface area contributed by atoms with Crippen LogP contribution in [0.25, 0.3) is 0 Å². The number of aromatic nitrogens is 2. The summed E-state index contributed by atoms with van der Waals surface area (Å²) in [4.78, 5) is 14.2. The van der Waals surface area contributed by atoms with Crippen molar-refractivity contribution in [2.24, 2.45) is 11.7 Å². The first-order valence-corrected chi connectivity index (χ1v) is 6.53. The summed E-state index contributed by atoms with van der Waals surface area (Å²) >= 11 is 0. The maximum atomic E-state index is 12.5. The van der Waals surface area contributed by atoms with Crippen molar-refractivity contribution in [3.05, 3.63) is 18.0 Å². The highest BCUT2D eigenvalue weighted by Crippen LogP contribution is 2.32. The second-order valence-electron chi connectivity index (χ2n) is 5.58. The van der Waals surface area contributed by atoms with E-state index >= 15 is 0 Å². The van der Waals surface area contributed by atoms with Crippen LogP contribution in [0.1, 0.15) is 38.3 Å². The van der Waals surface area contributed by atoms with Gasteiger partial charge in [0, 0.05) is 18.8 Å². The van der Waals surface area contributed by atoms with Crippen LogP contribution in [0.4, 0.5) is 0 Å². The largest absolute Gasteiger partial charge is 0.340 e. The molecule has 0 saturated heterocycles. The fourth-order valence-electron chi connectivity index (χ4n) is 2.74. The van der Waals surface area contributed by atoms with Crippen molar-refractivity contribution in [2.75, 3.05) is 7.05 Å². The Balaban J connectivity index is 0.00000180. The van der Waals surface area contributed by atoms with E-state index in [-0.39, 0.29) is 42.2 Å². The van der Waals surface area contributed by atoms with Crippen molar-refractivity contribution in [2.45, 2.75) is 44.7 Å². The Morgan fingerprint density at radius 2 is 2.25 bits per heavy atom. The third-order valence-corrected chi connectivity index (χ3v) is 3.89. The molecule has 1 aliphatic rings. The minimum Gasteiger partial charge on any atom is -0.340 e. The van der Waals surface area contributed by atoms with Gasteiger partial charge in [0.15, 0.2) is 0 Å². The molecular weight excluding hydrogens is 299 g/mol. The summed E-state index contributed by atoms with van der Waals surface area (Å²) in [6.07, 6.45) is 5.75. The van der Waals surface area contributed by atoms with Gasteiger partial charge < -0.3 is 10.6 Å². The fourth-order valence-corrected chi connectivity index (χ4v) is 2.74. The van der Waals surface area contributed by atoms with Gasteiger partial charge in [-0.3, -0.25) is 9.89 Å². The number of halogens is 2. The first kappa shape index (κ1) is 19.2. The van der Waals surface area contributed by atoms with Gasteiger partial charge in [-0.25, -0.2) is 0 Å². The minimum absolute atomic E-state index is 0. The van der Waals surface area contributed by atoms with Crippen LogP contribution < -0.4 is 5.73 Å². The predicted octanol–water partition coefficient (Wildman–Crippen LogP) is 2.12. The van der Waals surface area contributed by atoms with Gasteiger partial charge in [0.05, 0.1) is 18.2 Å². The van der Waals surface area contributed by atoms with Gasteiger partial charge in [-0.15, -0.1) is 24.8 Å². The van der Waals surface area contributed by atoms with Gasteiger partial charge in [0.25, 0.3) is 0 Å². The molecule has 0 spiro atoms. The lowest BCUT2D eigenvalue weighted by Gasteiger charge is -2.39. The van der Waals surface area contributed by atoms with Gasteiger partial charge in [-0.2, -0.15) is 5.10 Å². The number of carbonyl (C=O) groups is 1. The normalized spacial score (nSPS) is 25.2. The van der Waals surface area contributed by atoms with E-state index in [0.717, 1.165) is 31.4 Å². The molecule has 0 bridgehead atoms. The van der Waals surface area contributed by atoms with E-state index in [9.17, 15) is 4.79 Å². The molecule has 2 atom stereocenters. The van der Waals surface area contributed by atoms with Crippen molar-refractivity contribution >= 4 is 30.7 Å². The summed E-state index contributed by atoms with van der Waals surface area (Å²) in [5.41, 5.74) is 6.85. The van der Waals surface area contributed by atoms with Crippen molar-refractivity contribution < 1.29 is 4.79 Å². The van der Waals surface area contributed by atoms with Crippen molar-refractivity contribution in [3.63, 3.8) is 0 Å². The number of amides is 1. The average Bonchev–Trinajstić information content (AvgIpc) is 2.80. The lowest BCUT2D eigenvalue weighted by Crippen LogP contribution is -2.53. The van der Waals surface area contributed by atoms with E-state index in [1.807, 2.05) is 20.0 Å². The Bertz CT molecular complexity index is 409. The SMILES string of the molecule is CN(Cc1ccn[nH]1)C(=O)C1CCCCC1(C)N.Cl.Cl. The molecule has 1 saturated carbocycles. The van der Waals surface area contributed by atoms with Gasteiger partial charge >= 0.3 is 0 Å². The number of rotatable bonds is 3. The Hall–Kier alpha value is -0.780. The first-order chi connectivity index (χ1) is 8.50. The molecule has 116 valence electrons. The van der Waals surface area contributed by atoms with Crippen LogP contribution in [0.5, 0.6) is 0 Å². The zero-order valence-corrected chi connectivity index (χ0v) is 13.6. The molecule has 2 unspecified atom stereocenters. The number of aromatic amines is 1. The highest BCUT2D eigenvalue weighted by Gasteiger charge is 2.39. The Labute approximate surface area is 132 Å². The second kappa shape index (κ2) is 7.86. The fraction of sp³-hybridized carbons (Fsp3) is 0.692. The molecule has 1 aliphatic carbocycles. The molecule has 0 radical (unpaired) electrons. The third-order valence-electron chi connectivity index (χ3n) is 3.89. The predicted molar refractivity (Wildman–Crippen MR) is 84.1 cm³/mol. The number of hydrogen-bond acceptors (Lipinski definition) is 3. The summed E-state index contributed by atoms with van der Waals surface area (Å²) in [5.74, 6) is 0.0912. The summed E-state index contributed by atoms with van der Waals surface area (Å²) in [6, 6.07) is 1.88. The molecule has 20 heavy (non-hydrogen) atoms. The number of H-pyrrole nitrogens is 1. The lowest BCUT2D eigenvalue weighted by molar-refractivity contribution is -0.138. The van der Waals surface area contributed by atoms with Gasteiger partial charge in [0.1, 0.15) is 0 Å². The van der Waals surface area contributed by atoms with Crippen LogP contribution in [-0.4, -0.2) is 33.6 Å². The zero-order valence-electron chi connectivity index (χ0n) is 12.0.